The highest BCUT2D eigenvalue weighted by Gasteiger charge is 2.13. The number of aliphatic hydroxyl groups excluding tert-OH is 1. The summed E-state index contributed by atoms with van der Waals surface area (Å²) in [6.45, 7) is 3.49. The smallest absolute Gasteiger partial charge is 0.0584 e. The van der Waals surface area contributed by atoms with E-state index in [0.29, 0.717) is 6.04 Å². The first kappa shape index (κ1) is 12.0. The lowest BCUT2D eigenvalue weighted by Crippen LogP contribution is -2.33. The number of nitrogens with one attached hydrogen (secondary N) is 1. The fourth-order valence-corrected chi connectivity index (χ4v) is 2.31. The van der Waals surface area contributed by atoms with E-state index in [4.69, 9.17) is 5.11 Å². The quantitative estimate of drug-likeness (QED) is 0.688. The van der Waals surface area contributed by atoms with E-state index in [1.165, 1.54) is 38.5 Å². The Morgan fingerprint density at radius 3 is 2.57 bits per heavy atom. The van der Waals surface area contributed by atoms with E-state index in [-0.39, 0.29) is 6.61 Å². The first-order valence-electron chi connectivity index (χ1n) is 6.21. The second kappa shape index (κ2) is 7.24. The zero-order chi connectivity index (χ0) is 10.2. The summed E-state index contributed by atoms with van der Waals surface area (Å²) >= 11 is 0. The lowest BCUT2D eigenvalue weighted by atomic mass is 9.87. The van der Waals surface area contributed by atoms with Crippen LogP contribution in [-0.2, 0) is 0 Å². The van der Waals surface area contributed by atoms with Gasteiger partial charge in [0.25, 0.3) is 0 Å². The van der Waals surface area contributed by atoms with Gasteiger partial charge in [0.1, 0.15) is 0 Å². The maximum absolute atomic E-state index is 9.00. The molecule has 0 amide bonds. The van der Waals surface area contributed by atoms with Crippen LogP contribution in [0, 0.1) is 5.92 Å². The van der Waals surface area contributed by atoms with Crippen LogP contribution in [0.1, 0.15) is 51.9 Å². The molecular weight excluding hydrogens is 174 g/mol. The summed E-state index contributed by atoms with van der Waals surface area (Å²) in [5.41, 5.74) is 0. The Balaban J connectivity index is 2.01. The average molecular weight is 199 g/mol. The normalized spacial score (nSPS) is 21.0. The third kappa shape index (κ3) is 4.43. The number of hydrogen-bond donors (Lipinski definition) is 2. The number of hydrogen-bond acceptors (Lipinski definition) is 2. The van der Waals surface area contributed by atoms with Crippen LogP contribution in [0.3, 0.4) is 0 Å². The molecule has 1 aliphatic rings. The van der Waals surface area contributed by atoms with Crippen molar-refractivity contribution in [3.63, 3.8) is 0 Å². The Bertz CT molecular complexity index is 128. The van der Waals surface area contributed by atoms with Gasteiger partial charge < -0.3 is 10.4 Å². The maximum Gasteiger partial charge on any atom is 0.0584 e. The predicted molar refractivity (Wildman–Crippen MR) is 60.4 cm³/mol. The zero-order valence-electron chi connectivity index (χ0n) is 9.47. The second-order valence-corrected chi connectivity index (χ2v) is 4.53. The second-order valence-electron chi connectivity index (χ2n) is 4.53. The molecule has 0 unspecified atom stereocenters. The molecule has 1 saturated carbocycles. The fraction of sp³-hybridized carbons (Fsp3) is 1.00. The van der Waals surface area contributed by atoms with Crippen molar-refractivity contribution in [3.05, 3.63) is 0 Å². The van der Waals surface area contributed by atoms with E-state index in [9.17, 15) is 0 Å². The number of rotatable bonds is 6. The van der Waals surface area contributed by atoms with E-state index in [0.717, 1.165) is 18.9 Å². The fourth-order valence-electron chi connectivity index (χ4n) is 2.31. The van der Waals surface area contributed by atoms with Crippen molar-refractivity contribution in [2.45, 2.75) is 57.9 Å². The SMILES string of the molecule is CC[C@H](CO)NCCC1CCCCC1. The minimum absolute atomic E-state index is 0.279. The van der Waals surface area contributed by atoms with Gasteiger partial charge in [0.05, 0.1) is 6.61 Å². The van der Waals surface area contributed by atoms with E-state index in [2.05, 4.69) is 12.2 Å². The van der Waals surface area contributed by atoms with Gasteiger partial charge in [-0.05, 0) is 25.3 Å². The third-order valence-electron chi connectivity index (χ3n) is 3.42. The van der Waals surface area contributed by atoms with Crippen LogP contribution in [0.5, 0.6) is 0 Å². The standard InChI is InChI=1S/C12H25NO/c1-2-12(10-14)13-9-8-11-6-4-3-5-7-11/h11-14H,2-10H2,1H3/t12-/m1/s1. The van der Waals surface area contributed by atoms with Crippen LogP contribution in [0.25, 0.3) is 0 Å². The summed E-state index contributed by atoms with van der Waals surface area (Å²) in [5, 5.41) is 12.4. The highest BCUT2D eigenvalue weighted by Crippen LogP contribution is 2.25. The van der Waals surface area contributed by atoms with Crippen LogP contribution in [0.15, 0.2) is 0 Å². The molecule has 0 spiro atoms. The third-order valence-corrected chi connectivity index (χ3v) is 3.42. The molecule has 1 fully saturated rings. The molecule has 2 N–H and O–H groups in total. The van der Waals surface area contributed by atoms with Crippen molar-refractivity contribution in [2.75, 3.05) is 13.2 Å². The molecular formula is C12H25NO. The number of aliphatic hydroxyl groups is 1. The van der Waals surface area contributed by atoms with Gasteiger partial charge in [-0.15, -0.1) is 0 Å². The van der Waals surface area contributed by atoms with Gasteiger partial charge in [0.15, 0.2) is 0 Å². The van der Waals surface area contributed by atoms with Crippen molar-refractivity contribution < 1.29 is 5.11 Å². The first-order chi connectivity index (χ1) is 6.86. The van der Waals surface area contributed by atoms with Gasteiger partial charge in [0.2, 0.25) is 0 Å². The summed E-state index contributed by atoms with van der Waals surface area (Å²) in [6.07, 6.45) is 9.49. The van der Waals surface area contributed by atoms with Gasteiger partial charge in [-0.25, -0.2) is 0 Å². The lowest BCUT2D eigenvalue weighted by Gasteiger charge is -2.22. The van der Waals surface area contributed by atoms with Gasteiger partial charge in [-0.1, -0.05) is 39.0 Å². The van der Waals surface area contributed by atoms with Crippen LogP contribution < -0.4 is 5.32 Å². The molecule has 0 aromatic carbocycles. The Morgan fingerprint density at radius 1 is 1.29 bits per heavy atom. The van der Waals surface area contributed by atoms with Crippen molar-refractivity contribution >= 4 is 0 Å². The summed E-state index contributed by atoms with van der Waals surface area (Å²) < 4.78 is 0. The van der Waals surface area contributed by atoms with E-state index < -0.39 is 0 Å². The van der Waals surface area contributed by atoms with Crippen molar-refractivity contribution in [1.82, 2.24) is 5.32 Å². The lowest BCUT2D eigenvalue weighted by molar-refractivity contribution is 0.233. The minimum atomic E-state index is 0.279. The molecule has 0 saturated heterocycles. The monoisotopic (exact) mass is 199 g/mol. The van der Waals surface area contributed by atoms with Gasteiger partial charge in [0, 0.05) is 6.04 Å². The Morgan fingerprint density at radius 2 is 2.00 bits per heavy atom. The van der Waals surface area contributed by atoms with Crippen LogP contribution in [-0.4, -0.2) is 24.3 Å². The predicted octanol–water partition coefficient (Wildman–Crippen LogP) is 2.32. The van der Waals surface area contributed by atoms with Gasteiger partial charge >= 0.3 is 0 Å². The van der Waals surface area contributed by atoms with E-state index in [1.54, 1.807) is 0 Å². The Kier molecular flexibility index (Phi) is 6.20. The van der Waals surface area contributed by atoms with Crippen LogP contribution in [0.4, 0.5) is 0 Å². The molecule has 0 aromatic heterocycles. The molecule has 0 bridgehead atoms. The Labute approximate surface area is 88.1 Å². The highest BCUT2D eigenvalue weighted by atomic mass is 16.3. The van der Waals surface area contributed by atoms with E-state index in [1.807, 2.05) is 0 Å². The molecule has 1 rings (SSSR count). The minimum Gasteiger partial charge on any atom is -0.395 e. The van der Waals surface area contributed by atoms with Crippen LogP contribution >= 0.6 is 0 Å². The topological polar surface area (TPSA) is 32.3 Å². The first-order valence-corrected chi connectivity index (χ1v) is 6.21. The van der Waals surface area contributed by atoms with Crippen LogP contribution in [0.2, 0.25) is 0 Å². The Hall–Kier alpha value is -0.0800. The van der Waals surface area contributed by atoms with Crippen molar-refractivity contribution in [1.29, 1.82) is 0 Å². The van der Waals surface area contributed by atoms with Gasteiger partial charge in [-0.3, -0.25) is 0 Å². The molecule has 2 nitrogen and oxygen atoms in total. The molecule has 14 heavy (non-hydrogen) atoms. The zero-order valence-corrected chi connectivity index (χ0v) is 9.47. The average Bonchev–Trinajstić information content (AvgIpc) is 2.26. The largest absolute Gasteiger partial charge is 0.395 e. The molecule has 1 atom stereocenters. The molecule has 0 heterocycles. The molecule has 0 aliphatic heterocycles. The summed E-state index contributed by atoms with van der Waals surface area (Å²) in [4.78, 5) is 0. The van der Waals surface area contributed by atoms with Crippen molar-refractivity contribution in [3.8, 4) is 0 Å². The van der Waals surface area contributed by atoms with Gasteiger partial charge in [-0.2, -0.15) is 0 Å². The molecule has 2 heteroatoms. The molecule has 0 aromatic rings. The van der Waals surface area contributed by atoms with E-state index >= 15 is 0 Å². The summed E-state index contributed by atoms with van der Waals surface area (Å²) in [7, 11) is 0. The van der Waals surface area contributed by atoms with Crippen molar-refractivity contribution in [2.24, 2.45) is 5.92 Å². The molecule has 1 aliphatic carbocycles. The molecule has 84 valence electrons. The summed E-state index contributed by atoms with van der Waals surface area (Å²) in [6, 6.07) is 0.318. The summed E-state index contributed by atoms with van der Waals surface area (Å²) in [5.74, 6) is 0.951. The highest BCUT2D eigenvalue weighted by molar-refractivity contribution is 4.69. The molecule has 0 radical (unpaired) electrons. The maximum atomic E-state index is 9.00.